The zero-order valence-electron chi connectivity index (χ0n) is 11.2. The van der Waals surface area contributed by atoms with Gasteiger partial charge in [0.05, 0.1) is 12.7 Å². The van der Waals surface area contributed by atoms with Crippen LogP contribution in [0.2, 0.25) is 0 Å². The van der Waals surface area contributed by atoms with E-state index in [2.05, 4.69) is 37.7 Å². The first kappa shape index (κ1) is 13.9. The van der Waals surface area contributed by atoms with Crippen LogP contribution in [-0.2, 0) is 4.74 Å². The molecule has 0 aliphatic carbocycles. The van der Waals surface area contributed by atoms with Gasteiger partial charge in [0.2, 0.25) is 0 Å². The predicted molar refractivity (Wildman–Crippen MR) is 67.6 cm³/mol. The molecule has 0 saturated carbocycles. The molecule has 0 spiro atoms. The van der Waals surface area contributed by atoms with Gasteiger partial charge < -0.3 is 20.3 Å². The van der Waals surface area contributed by atoms with Crippen LogP contribution in [0.4, 0.5) is 0 Å². The van der Waals surface area contributed by atoms with Gasteiger partial charge in [0.15, 0.2) is 0 Å². The van der Waals surface area contributed by atoms with Crippen LogP contribution >= 0.6 is 0 Å². The van der Waals surface area contributed by atoms with E-state index in [0.717, 1.165) is 39.3 Å². The minimum Gasteiger partial charge on any atom is -0.374 e. The summed E-state index contributed by atoms with van der Waals surface area (Å²) in [4.78, 5) is 4.66. The third-order valence-corrected chi connectivity index (χ3v) is 3.11. The Labute approximate surface area is 99.7 Å². The fourth-order valence-corrected chi connectivity index (χ4v) is 2.18. The minimum absolute atomic E-state index is 0.190. The van der Waals surface area contributed by atoms with Crippen LogP contribution in [0, 0.1) is 5.41 Å². The molecule has 4 heteroatoms. The number of hydrogen-bond donors (Lipinski definition) is 1. The lowest BCUT2D eigenvalue weighted by molar-refractivity contribution is -0.0354. The second-order valence-corrected chi connectivity index (χ2v) is 5.82. The molecule has 1 saturated heterocycles. The van der Waals surface area contributed by atoms with E-state index in [1.807, 2.05) is 0 Å². The molecule has 0 aromatic carbocycles. The van der Waals surface area contributed by atoms with Gasteiger partial charge in [-0.15, -0.1) is 0 Å². The number of nitrogens with zero attached hydrogens (tertiary/aromatic N) is 2. The van der Waals surface area contributed by atoms with Crippen molar-refractivity contribution in [3.63, 3.8) is 0 Å². The van der Waals surface area contributed by atoms with E-state index >= 15 is 0 Å². The summed E-state index contributed by atoms with van der Waals surface area (Å²) < 4.78 is 5.75. The van der Waals surface area contributed by atoms with Crippen molar-refractivity contribution < 1.29 is 4.74 Å². The monoisotopic (exact) mass is 229 g/mol. The molecule has 2 N–H and O–H groups in total. The predicted octanol–water partition coefficient (Wildman–Crippen LogP) is 0.234. The van der Waals surface area contributed by atoms with Gasteiger partial charge >= 0.3 is 0 Å². The molecule has 1 unspecified atom stereocenters. The van der Waals surface area contributed by atoms with E-state index < -0.39 is 0 Å². The van der Waals surface area contributed by atoms with E-state index in [4.69, 9.17) is 10.5 Å². The summed E-state index contributed by atoms with van der Waals surface area (Å²) in [7, 11) is 4.30. The van der Waals surface area contributed by atoms with E-state index in [0.29, 0.717) is 6.10 Å². The lowest BCUT2D eigenvalue weighted by Crippen LogP contribution is -2.47. The number of likely N-dealkylation sites (N-methyl/N-ethyl adjacent to an activating group) is 2. The second kappa shape index (κ2) is 5.96. The number of hydrogen-bond acceptors (Lipinski definition) is 4. The van der Waals surface area contributed by atoms with Crippen molar-refractivity contribution in [2.75, 3.05) is 53.4 Å². The van der Waals surface area contributed by atoms with E-state index in [1.54, 1.807) is 0 Å². The molecule has 1 aliphatic rings. The molecule has 96 valence electrons. The Morgan fingerprint density at radius 2 is 2.19 bits per heavy atom. The summed E-state index contributed by atoms with van der Waals surface area (Å²) in [5.74, 6) is 0. The molecule has 0 bridgehead atoms. The van der Waals surface area contributed by atoms with E-state index in [9.17, 15) is 0 Å². The van der Waals surface area contributed by atoms with E-state index in [-0.39, 0.29) is 5.41 Å². The quantitative estimate of drug-likeness (QED) is 0.733. The zero-order valence-corrected chi connectivity index (χ0v) is 11.2. The van der Waals surface area contributed by atoms with Crippen LogP contribution in [-0.4, -0.2) is 69.3 Å². The summed E-state index contributed by atoms with van der Waals surface area (Å²) in [5, 5.41) is 0. The van der Waals surface area contributed by atoms with Gasteiger partial charge in [0.1, 0.15) is 0 Å². The van der Waals surface area contributed by atoms with Crippen LogP contribution in [0.1, 0.15) is 13.8 Å². The molecule has 1 fully saturated rings. The molecular weight excluding hydrogens is 202 g/mol. The Kier molecular flexibility index (Phi) is 5.18. The van der Waals surface area contributed by atoms with Crippen LogP contribution in [0.25, 0.3) is 0 Å². The topological polar surface area (TPSA) is 41.7 Å². The van der Waals surface area contributed by atoms with Gasteiger partial charge in [0, 0.05) is 26.2 Å². The number of rotatable bonds is 5. The maximum atomic E-state index is 5.75. The van der Waals surface area contributed by atoms with Crippen LogP contribution in [0.5, 0.6) is 0 Å². The molecule has 0 aromatic rings. The SMILES string of the molecule is CN1CCOC(CN(C)CC(C)(C)CN)C1. The fraction of sp³-hybridized carbons (Fsp3) is 1.00. The van der Waals surface area contributed by atoms with Crippen molar-refractivity contribution in [2.24, 2.45) is 11.1 Å². The summed E-state index contributed by atoms with van der Waals surface area (Å²) >= 11 is 0. The maximum Gasteiger partial charge on any atom is 0.0829 e. The summed E-state index contributed by atoms with van der Waals surface area (Å²) in [5.41, 5.74) is 5.93. The number of morpholine rings is 1. The second-order valence-electron chi connectivity index (χ2n) is 5.82. The van der Waals surface area contributed by atoms with Crippen LogP contribution < -0.4 is 5.73 Å². The molecular formula is C12H27N3O. The van der Waals surface area contributed by atoms with Gasteiger partial charge in [-0.2, -0.15) is 0 Å². The Morgan fingerprint density at radius 1 is 1.50 bits per heavy atom. The number of ether oxygens (including phenoxy) is 1. The van der Waals surface area contributed by atoms with Gasteiger partial charge in [-0.25, -0.2) is 0 Å². The Bertz CT molecular complexity index is 208. The van der Waals surface area contributed by atoms with E-state index in [1.165, 1.54) is 0 Å². The molecule has 1 heterocycles. The van der Waals surface area contributed by atoms with Crippen molar-refractivity contribution in [1.82, 2.24) is 9.80 Å². The summed E-state index contributed by atoms with van der Waals surface area (Å²) in [6.45, 7) is 10.1. The molecule has 1 atom stereocenters. The van der Waals surface area contributed by atoms with Gasteiger partial charge in [-0.1, -0.05) is 13.8 Å². The molecule has 1 rings (SSSR count). The molecule has 16 heavy (non-hydrogen) atoms. The Balaban J connectivity index is 2.30. The standard InChI is InChI=1S/C12H27N3O/c1-12(2,9-13)10-15(4)8-11-7-14(3)5-6-16-11/h11H,5-10,13H2,1-4H3. The van der Waals surface area contributed by atoms with Crippen molar-refractivity contribution in [3.05, 3.63) is 0 Å². The average Bonchev–Trinajstić information content (AvgIpc) is 2.16. The van der Waals surface area contributed by atoms with Gasteiger partial charge in [0.25, 0.3) is 0 Å². The highest BCUT2D eigenvalue weighted by atomic mass is 16.5. The van der Waals surface area contributed by atoms with Crippen molar-refractivity contribution >= 4 is 0 Å². The normalized spacial score (nSPS) is 24.0. The maximum absolute atomic E-state index is 5.75. The Hall–Kier alpha value is -0.160. The lowest BCUT2D eigenvalue weighted by Gasteiger charge is -2.35. The van der Waals surface area contributed by atoms with Crippen LogP contribution in [0.3, 0.4) is 0 Å². The molecule has 0 aromatic heterocycles. The third kappa shape index (κ3) is 4.78. The van der Waals surface area contributed by atoms with Crippen molar-refractivity contribution in [1.29, 1.82) is 0 Å². The summed E-state index contributed by atoms with van der Waals surface area (Å²) in [6, 6.07) is 0. The highest BCUT2D eigenvalue weighted by Gasteiger charge is 2.23. The largest absolute Gasteiger partial charge is 0.374 e. The molecule has 1 aliphatic heterocycles. The molecule has 4 nitrogen and oxygen atoms in total. The fourth-order valence-electron chi connectivity index (χ4n) is 2.18. The molecule has 0 radical (unpaired) electrons. The first-order valence-corrected chi connectivity index (χ1v) is 6.12. The van der Waals surface area contributed by atoms with Crippen LogP contribution in [0.15, 0.2) is 0 Å². The third-order valence-electron chi connectivity index (χ3n) is 3.11. The number of nitrogens with two attached hydrogens (primary N) is 1. The molecule has 0 amide bonds. The first-order chi connectivity index (χ1) is 7.43. The Morgan fingerprint density at radius 3 is 2.75 bits per heavy atom. The first-order valence-electron chi connectivity index (χ1n) is 6.12. The van der Waals surface area contributed by atoms with Gasteiger partial charge in [-0.05, 0) is 26.1 Å². The summed E-state index contributed by atoms with van der Waals surface area (Å²) in [6.07, 6.45) is 0.345. The van der Waals surface area contributed by atoms with Gasteiger partial charge in [-0.3, -0.25) is 0 Å². The highest BCUT2D eigenvalue weighted by molar-refractivity contribution is 4.77. The smallest absolute Gasteiger partial charge is 0.0829 e. The zero-order chi connectivity index (χ0) is 12.2. The van der Waals surface area contributed by atoms with Crippen molar-refractivity contribution in [2.45, 2.75) is 20.0 Å². The average molecular weight is 229 g/mol. The minimum atomic E-state index is 0.190. The highest BCUT2D eigenvalue weighted by Crippen LogP contribution is 2.14. The van der Waals surface area contributed by atoms with Crippen molar-refractivity contribution in [3.8, 4) is 0 Å². The lowest BCUT2D eigenvalue weighted by atomic mass is 9.93.